The van der Waals surface area contributed by atoms with E-state index in [0.29, 0.717) is 5.56 Å². The van der Waals surface area contributed by atoms with Crippen LogP contribution in [0.3, 0.4) is 0 Å². The third-order valence-electron chi connectivity index (χ3n) is 2.23. The summed E-state index contributed by atoms with van der Waals surface area (Å²) in [6.45, 7) is 0. The van der Waals surface area contributed by atoms with Gasteiger partial charge < -0.3 is 5.53 Å². The molecule has 0 spiro atoms. The van der Waals surface area contributed by atoms with Gasteiger partial charge in [0.25, 0.3) is 5.78 Å². The lowest BCUT2D eigenvalue weighted by Gasteiger charge is -2.07. The monoisotopic (exact) mass is 248 g/mol. The average molecular weight is 248 g/mol. The molecule has 0 aliphatic heterocycles. The van der Waals surface area contributed by atoms with Crippen molar-refractivity contribution in [1.29, 1.82) is 0 Å². The Hall–Kier alpha value is -1.72. The van der Waals surface area contributed by atoms with Crippen LogP contribution < -0.4 is 0 Å². The highest BCUT2D eigenvalue weighted by molar-refractivity contribution is 7.94. The van der Waals surface area contributed by atoms with Crippen LogP contribution in [-0.2, 0) is 9.22 Å². The molecule has 0 saturated carbocycles. The summed E-state index contributed by atoms with van der Waals surface area (Å²) < 4.78 is 4.72. The van der Waals surface area contributed by atoms with E-state index in [1.54, 1.807) is 24.3 Å². The Balaban J connectivity index is 2.36. The molecule has 1 aromatic rings. The van der Waals surface area contributed by atoms with Gasteiger partial charge in [0, 0.05) is 16.5 Å². The highest BCUT2D eigenvalue weighted by atomic mass is 32.2. The van der Waals surface area contributed by atoms with Crippen LogP contribution in [-0.4, -0.2) is 23.4 Å². The van der Waals surface area contributed by atoms with Gasteiger partial charge in [0.15, 0.2) is 0 Å². The van der Waals surface area contributed by atoms with E-state index in [0.717, 1.165) is 22.5 Å². The SMILES string of the molecule is COOSc1ccc2c(c1)C=CC(=[N+]=[N-])C2=O. The van der Waals surface area contributed by atoms with Gasteiger partial charge in [-0.05, 0) is 29.8 Å². The number of benzene rings is 1. The number of nitrogens with zero attached hydrogens (tertiary/aromatic N) is 2. The first kappa shape index (κ1) is 11.8. The van der Waals surface area contributed by atoms with Crippen LogP contribution in [0.15, 0.2) is 29.2 Å². The van der Waals surface area contributed by atoms with Gasteiger partial charge in [0.2, 0.25) is 0 Å². The van der Waals surface area contributed by atoms with Gasteiger partial charge in [-0.2, -0.15) is 9.12 Å². The van der Waals surface area contributed by atoms with Gasteiger partial charge >= 0.3 is 5.71 Å². The number of hydrogen-bond donors (Lipinski definition) is 0. The number of rotatable bonds is 3. The molecule has 6 heteroatoms. The van der Waals surface area contributed by atoms with E-state index in [1.165, 1.54) is 13.2 Å². The summed E-state index contributed by atoms with van der Waals surface area (Å²) in [4.78, 5) is 20.0. The lowest BCUT2D eigenvalue weighted by atomic mass is 9.95. The van der Waals surface area contributed by atoms with E-state index in [4.69, 9.17) is 9.86 Å². The number of carbonyl (C=O) groups is 1. The van der Waals surface area contributed by atoms with E-state index in [9.17, 15) is 4.79 Å². The Labute approximate surface area is 102 Å². The van der Waals surface area contributed by atoms with Crippen LogP contribution in [0.5, 0.6) is 0 Å². The topological polar surface area (TPSA) is 71.9 Å². The molecular formula is C11H8N2O3S. The molecule has 0 atom stereocenters. The molecule has 0 radical (unpaired) electrons. The minimum absolute atomic E-state index is 0.0334. The fraction of sp³-hybridized carbons (Fsp3) is 0.0909. The zero-order valence-corrected chi connectivity index (χ0v) is 9.73. The third-order valence-corrected chi connectivity index (χ3v) is 2.88. The fourth-order valence-electron chi connectivity index (χ4n) is 1.47. The number of hydrogen-bond acceptors (Lipinski definition) is 4. The van der Waals surface area contributed by atoms with E-state index in [1.807, 2.05) is 0 Å². The summed E-state index contributed by atoms with van der Waals surface area (Å²) in [5, 5.41) is 0. The molecule has 86 valence electrons. The molecule has 1 aliphatic carbocycles. The fourth-order valence-corrected chi connectivity index (χ4v) is 1.92. The Morgan fingerprint density at radius 2 is 2.18 bits per heavy atom. The Morgan fingerprint density at radius 3 is 2.88 bits per heavy atom. The molecule has 17 heavy (non-hydrogen) atoms. The molecular weight excluding hydrogens is 240 g/mol. The van der Waals surface area contributed by atoms with Crippen LogP contribution >= 0.6 is 12.0 Å². The largest absolute Gasteiger partial charge is 0.362 e. The van der Waals surface area contributed by atoms with Crippen molar-refractivity contribution in [2.24, 2.45) is 0 Å². The van der Waals surface area contributed by atoms with Gasteiger partial charge in [-0.1, -0.05) is 0 Å². The smallest absolute Gasteiger partial charge is 0.361 e. The second kappa shape index (κ2) is 5.07. The maximum absolute atomic E-state index is 11.8. The van der Waals surface area contributed by atoms with Crippen LogP contribution in [0.2, 0.25) is 0 Å². The number of allylic oxidation sites excluding steroid dienone is 1. The first-order valence-corrected chi connectivity index (χ1v) is 5.46. The number of Topliss-reactive ketones (excluding diaryl/α,β-unsaturated/α-hetero) is 1. The molecule has 0 aromatic heterocycles. The lowest BCUT2D eigenvalue weighted by Crippen LogP contribution is -2.17. The highest BCUT2D eigenvalue weighted by Crippen LogP contribution is 2.25. The maximum atomic E-state index is 11.8. The second-order valence-corrected chi connectivity index (χ2v) is 3.99. The van der Waals surface area contributed by atoms with E-state index in [2.05, 4.69) is 9.68 Å². The molecule has 0 fully saturated rings. The van der Waals surface area contributed by atoms with E-state index < -0.39 is 0 Å². The molecule has 5 nitrogen and oxygen atoms in total. The summed E-state index contributed by atoms with van der Waals surface area (Å²) in [6, 6.07) is 5.18. The van der Waals surface area contributed by atoms with Crippen molar-refractivity contribution in [3.8, 4) is 0 Å². The Bertz CT molecular complexity index is 548. The van der Waals surface area contributed by atoms with Crippen molar-refractivity contribution in [3.63, 3.8) is 0 Å². The van der Waals surface area contributed by atoms with Crippen molar-refractivity contribution in [3.05, 3.63) is 40.9 Å². The molecule has 0 N–H and O–H groups in total. The van der Waals surface area contributed by atoms with E-state index >= 15 is 0 Å². The van der Waals surface area contributed by atoms with Crippen molar-refractivity contribution >= 4 is 29.6 Å². The van der Waals surface area contributed by atoms with Gasteiger partial charge in [-0.15, -0.1) is 0 Å². The lowest BCUT2D eigenvalue weighted by molar-refractivity contribution is -0.160. The summed E-state index contributed by atoms with van der Waals surface area (Å²) in [5.41, 5.74) is 9.92. The zero-order chi connectivity index (χ0) is 12.3. The number of fused-ring (bicyclic) bond motifs is 1. The molecule has 1 aliphatic rings. The zero-order valence-electron chi connectivity index (χ0n) is 8.91. The minimum atomic E-state index is -0.297. The van der Waals surface area contributed by atoms with Gasteiger partial charge in [-0.3, -0.25) is 4.79 Å². The molecule has 2 rings (SSSR count). The van der Waals surface area contributed by atoms with Gasteiger partial charge in [0.1, 0.15) is 0 Å². The van der Waals surface area contributed by atoms with Gasteiger partial charge in [-0.25, -0.2) is 4.89 Å². The average Bonchev–Trinajstić information content (AvgIpc) is 2.37. The maximum Gasteiger partial charge on any atom is 0.362 e. The minimum Gasteiger partial charge on any atom is -0.361 e. The second-order valence-electron chi connectivity index (χ2n) is 3.21. The van der Waals surface area contributed by atoms with Crippen LogP contribution in [0.4, 0.5) is 0 Å². The van der Waals surface area contributed by atoms with E-state index in [-0.39, 0.29) is 11.5 Å². The van der Waals surface area contributed by atoms with Crippen molar-refractivity contribution < 1.29 is 18.8 Å². The van der Waals surface area contributed by atoms with Gasteiger partial charge in [0.05, 0.1) is 19.2 Å². The van der Waals surface area contributed by atoms with Crippen LogP contribution in [0.1, 0.15) is 15.9 Å². The quantitative estimate of drug-likeness (QED) is 0.270. The summed E-state index contributed by atoms with van der Waals surface area (Å²) in [5.74, 6) is -0.297. The predicted octanol–water partition coefficient (Wildman–Crippen LogP) is 2.15. The Kier molecular flexibility index (Phi) is 3.51. The highest BCUT2D eigenvalue weighted by Gasteiger charge is 2.25. The predicted molar refractivity (Wildman–Crippen MR) is 62.4 cm³/mol. The number of ketones is 1. The summed E-state index contributed by atoms with van der Waals surface area (Å²) in [7, 11) is 1.42. The first-order chi connectivity index (χ1) is 8.26. The number of carbonyl (C=O) groups excluding carboxylic acids is 1. The summed E-state index contributed by atoms with van der Waals surface area (Å²) >= 11 is 1.05. The standard InChI is InChI=1S/C11H8N2O3S/c1-15-16-17-8-3-4-9-7(6-8)2-5-10(13-12)11(9)14/h2-6H,1H3. The molecule has 0 heterocycles. The van der Waals surface area contributed by atoms with Crippen molar-refractivity contribution in [2.75, 3.05) is 7.11 Å². The molecule has 0 saturated heterocycles. The molecule has 1 aromatic carbocycles. The van der Waals surface area contributed by atoms with Crippen molar-refractivity contribution in [1.82, 2.24) is 0 Å². The first-order valence-electron chi connectivity index (χ1n) is 4.72. The molecule has 0 unspecified atom stereocenters. The van der Waals surface area contributed by atoms with Crippen molar-refractivity contribution in [2.45, 2.75) is 4.90 Å². The van der Waals surface area contributed by atoms with Crippen LogP contribution in [0, 0.1) is 0 Å². The Morgan fingerprint density at radius 1 is 1.35 bits per heavy atom. The van der Waals surface area contributed by atoms with Crippen LogP contribution in [0.25, 0.3) is 11.6 Å². The normalized spacial score (nSPS) is 13.5. The molecule has 0 bridgehead atoms. The summed E-state index contributed by atoms with van der Waals surface area (Å²) in [6.07, 6.45) is 3.18. The molecule has 0 amide bonds. The third kappa shape index (κ3) is 2.35.